The van der Waals surface area contributed by atoms with Gasteiger partial charge in [-0.15, -0.1) is 0 Å². The lowest BCUT2D eigenvalue weighted by atomic mass is 9.97. The molecule has 126 valence electrons. The van der Waals surface area contributed by atoms with Crippen molar-refractivity contribution in [2.45, 2.75) is 32.4 Å². The largest absolute Gasteiger partial charge is 0.480 e. The molecule has 1 aromatic rings. The maximum Gasteiger partial charge on any atom is 0.326 e. The highest BCUT2D eigenvalue weighted by Gasteiger charge is 2.30. The second-order valence-corrected chi connectivity index (χ2v) is 5.12. The van der Waals surface area contributed by atoms with E-state index < -0.39 is 35.9 Å². The Labute approximate surface area is 134 Å². The number of carboxylic acids is 1. The summed E-state index contributed by atoms with van der Waals surface area (Å²) in [5.41, 5.74) is 0.354. The standard InChI is InChI=1S/C16H21NO6/c1-3-23-12(18)9-10(2)13(16(21)22)17-15(20)14(19)11-7-5-4-6-8-11/h4-8,10,13-14,19H,3,9H2,1-2H3,(H,17,20)(H,21,22)/t10-,13+,14-/m0/s1. The van der Waals surface area contributed by atoms with E-state index in [1.54, 1.807) is 37.3 Å². The molecule has 23 heavy (non-hydrogen) atoms. The minimum absolute atomic E-state index is 0.146. The van der Waals surface area contributed by atoms with E-state index in [1.165, 1.54) is 6.92 Å². The van der Waals surface area contributed by atoms with Gasteiger partial charge < -0.3 is 20.3 Å². The van der Waals surface area contributed by atoms with Crippen molar-refractivity contribution in [1.29, 1.82) is 0 Å². The van der Waals surface area contributed by atoms with Crippen LogP contribution in [0.4, 0.5) is 0 Å². The van der Waals surface area contributed by atoms with E-state index in [0.717, 1.165) is 0 Å². The van der Waals surface area contributed by atoms with Gasteiger partial charge in [0, 0.05) is 0 Å². The van der Waals surface area contributed by atoms with E-state index in [0.29, 0.717) is 5.56 Å². The maximum atomic E-state index is 12.0. The highest BCUT2D eigenvalue weighted by atomic mass is 16.5. The molecule has 3 N–H and O–H groups in total. The SMILES string of the molecule is CCOC(=O)C[C@H](C)[C@@H](NC(=O)[C@@H](O)c1ccccc1)C(=O)O. The van der Waals surface area contributed by atoms with Crippen LogP contribution in [0.25, 0.3) is 0 Å². The highest BCUT2D eigenvalue weighted by molar-refractivity contribution is 5.87. The Morgan fingerprint density at radius 1 is 1.22 bits per heavy atom. The molecule has 0 unspecified atom stereocenters. The zero-order valence-corrected chi connectivity index (χ0v) is 13.1. The van der Waals surface area contributed by atoms with Crippen molar-refractivity contribution >= 4 is 17.8 Å². The maximum absolute atomic E-state index is 12.0. The number of esters is 1. The van der Waals surface area contributed by atoms with E-state index in [-0.39, 0.29) is 13.0 Å². The highest BCUT2D eigenvalue weighted by Crippen LogP contribution is 2.15. The first kappa shape index (κ1) is 18.6. The van der Waals surface area contributed by atoms with Gasteiger partial charge in [0.15, 0.2) is 6.10 Å². The molecule has 0 bridgehead atoms. The van der Waals surface area contributed by atoms with Crippen molar-refractivity contribution in [2.24, 2.45) is 5.92 Å². The number of hydrogen-bond acceptors (Lipinski definition) is 5. The first-order valence-corrected chi connectivity index (χ1v) is 7.28. The molecular weight excluding hydrogens is 302 g/mol. The summed E-state index contributed by atoms with van der Waals surface area (Å²) in [5, 5.41) is 21.5. The van der Waals surface area contributed by atoms with Gasteiger partial charge in [0.25, 0.3) is 5.91 Å². The zero-order chi connectivity index (χ0) is 17.4. The second kappa shape index (κ2) is 8.89. The molecule has 0 saturated heterocycles. The van der Waals surface area contributed by atoms with Crippen molar-refractivity contribution in [1.82, 2.24) is 5.32 Å². The fraction of sp³-hybridized carbons (Fsp3) is 0.438. The molecule has 7 heteroatoms. The van der Waals surface area contributed by atoms with Crippen LogP contribution in [0.15, 0.2) is 30.3 Å². The Balaban J connectivity index is 2.73. The molecule has 1 rings (SSSR count). The lowest BCUT2D eigenvalue weighted by molar-refractivity contribution is -0.148. The normalized spacial score (nSPS) is 14.4. The fourth-order valence-electron chi connectivity index (χ4n) is 2.07. The summed E-state index contributed by atoms with van der Waals surface area (Å²) in [6.45, 7) is 3.36. The average Bonchev–Trinajstić information content (AvgIpc) is 2.52. The number of aliphatic hydroxyl groups excluding tert-OH is 1. The van der Waals surface area contributed by atoms with Gasteiger partial charge in [-0.3, -0.25) is 9.59 Å². The summed E-state index contributed by atoms with van der Waals surface area (Å²) < 4.78 is 4.77. The Morgan fingerprint density at radius 3 is 2.35 bits per heavy atom. The quantitative estimate of drug-likeness (QED) is 0.612. The summed E-state index contributed by atoms with van der Waals surface area (Å²) in [7, 11) is 0. The number of ether oxygens (including phenoxy) is 1. The molecule has 3 atom stereocenters. The number of aliphatic hydroxyl groups is 1. The van der Waals surface area contributed by atoms with Crippen LogP contribution in [0.2, 0.25) is 0 Å². The lowest BCUT2D eigenvalue weighted by Crippen LogP contribution is -2.47. The predicted octanol–water partition coefficient (Wildman–Crippen LogP) is 0.879. The van der Waals surface area contributed by atoms with Crippen LogP contribution in [0.3, 0.4) is 0 Å². The lowest BCUT2D eigenvalue weighted by Gasteiger charge is -2.22. The predicted molar refractivity (Wildman–Crippen MR) is 81.4 cm³/mol. The van der Waals surface area contributed by atoms with Crippen molar-refractivity contribution < 1.29 is 29.3 Å². The van der Waals surface area contributed by atoms with Crippen molar-refractivity contribution in [3.8, 4) is 0 Å². The van der Waals surface area contributed by atoms with Gasteiger partial charge in [-0.2, -0.15) is 0 Å². The molecule has 0 radical (unpaired) electrons. The summed E-state index contributed by atoms with van der Waals surface area (Å²) in [6.07, 6.45) is -1.63. The van der Waals surface area contributed by atoms with Gasteiger partial charge in [0.1, 0.15) is 6.04 Å². The van der Waals surface area contributed by atoms with Crippen LogP contribution < -0.4 is 5.32 Å². The molecule has 7 nitrogen and oxygen atoms in total. The van der Waals surface area contributed by atoms with Crippen LogP contribution in [-0.4, -0.2) is 40.7 Å². The summed E-state index contributed by atoms with van der Waals surface area (Å²) in [4.78, 5) is 34.8. The van der Waals surface area contributed by atoms with Gasteiger partial charge in [-0.1, -0.05) is 37.3 Å². The number of aliphatic carboxylic acids is 1. The Morgan fingerprint density at radius 2 is 1.83 bits per heavy atom. The molecule has 0 spiro atoms. The molecular formula is C16H21NO6. The molecule has 0 saturated carbocycles. The average molecular weight is 323 g/mol. The van der Waals surface area contributed by atoms with Gasteiger partial charge in [0.05, 0.1) is 13.0 Å². The Bertz CT molecular complexity index is 545. The molecule has 0 aliphatic heterocycles. The van der Waals surface area contributed by atoms with Gasteiger partial charge in [-0.05, 0) is 18.4 Å². The third-order valence-electron chi connectivity index (χ3n) is 3.29. The number of amides is 1. The van der Waals surface area contributed by atoms with Crippen molar-refractivity contribution in [2.75, 3.05) is 6.61 Å². The molecule has 1 aromatic carbocycles. The van der Waals surface area contributed by atoms with Crippen molar-refractivity contribution in [3.05, 3.63) is 35.9 Å². The second-order valence-electron chi connectivity index (χ2n) is 5.12. The molecule has 0 aromatic heterocycles. The summed E-state index contributed by atoms with van der Waals surface area (Å²) in [6, 6.07) is 6.86. The molecule has 0 fully saturated rings. The number of carbonyl (C=O) groups excluding carboxylic acids is 2. The number of nitrogens with one attached hydrogen (secondary N) is 1. The number of carbonyl (C=O) groups is 3. The van der Waals surface area contributed by atoms with Gasteiger partial charge >= 0.3 is 11.9 Å². The van der Waals surface area contributed by atoms with Crippen LogP contribution >= 0.6 is 0 Å². The summed E-state index contributed by atoms with van der Waals surface area (Å²) >= 11 is 0. The topological polar surface area (TPSA) is 113 Å². The van der Waals surface area contributed by atoms with E-state index in [2.05, 4.69) is 5.32 Å². The summed E-state index contributed by atoms with van der Waals surface area (Å²) in [5.74, 6) is -3.34. The first-order chi connectivity index (χ1) is 10.9. The van der Waals surface area contributed by atoms with E-state index in [1.807, 2.05) is 0 Å². The van der Waals surface area contributed by atoms with Crippen molar-refractivity contribution in [3.63, 3.8) is 0 Å². The minimum Gasteiger partial charge on any atom is -0.480 e. The van der Waals surface area contributed by atoms with Crippen LogP contribution in [-0.2, 0) is 19.1 Å². The molecule has 0 aliphatic carbocycles. The Hall–Kier alpha value is -2.41. The number of rotatable bonds is 8. The molecule has 1 amide bonds. The molecule has 0 heterocycles. The van der Waals surface area contributed by atoms with Crippen LogP contribution in [0.5, 0.6) is 0 Å². The van der Waals surface area contributed by atoms with E-state index in [4.69, 9.17) is 4.74 Å². The number of hydrogen-bond donors (Lipinski definition) is 3. The third-order valence-corrected chi connectivity index (χ3v) is 3.29. The molecule has 0 aliphatic rings. The Kier molecular flexibility index (Phi) is 7.21. The van der Waals surface area contributed by atoms with Crippen LogP contribution in [0, 0.1) is 5.92 Å². The van der Waals surface area contributed by atoms with E-state index in [9.17, 15) is 24.6 Å². The third kappa shape index (κ3) is 5.71. The minimum atomic E-state index is -1.48. The number of carboxylic acid groups (broad SMARTS) is 1. The van der Waals surface area contributed by atoms with E-state index >= 15 is 0 Å². The number of benzene rings is 1. The first-order valence-electron chi connectivity index (χ1n) is 7.28. The smallest absolute Gasteiger partial charge is 0.326 e. The van der Waals surface area contributed by atoms with Crippen LogP contribution in [0.1, 0.15) is 31.9 Å². The van der Waals surface area contributed by atoms with Gasteiger partial charge in [0.2, 0.25) is 0 Å². The zero-order valence-electron chi connectivity index (χ0n) is 13.1. The van der Waals surface area contributed by atoms with Gasteiger partial charge in [-0.25, -0.2) is 4.79 Å². The fourth-order valence-corrected chi connectivity index (χ4v) is 2.07. The monoisotopic (exact) mass is 323 g/mol.